The molecule has 0 spiro atoms. The number of halogens is 2. The van der Waals surface area contributed by atoms with Crippen LogP contribution < -0.4 is 5.73 Å². The predicted octanol–water partition coefficient (Wildman–Crippen LogP) is 2.54. The Balaban J connectivity index is 3.43. The number of anilines is 1. The lowest BCUT2D eigenvalue weighted by Crippen LogP contribution is -1.98. The lowest BCUT2D eigenvalue weighted by Gasteiger charge is -2.00. The van der Waals surface area contributed by atoms with Crippen LogP contribution in [0.1, 0.15) is 0 Å². The average Bonchev–Trinajstić information content (AvgIpc) is 1.97. The molecule has 0 aliphatic heterocycles. The number of nitrogen functional groups attached to an aromatic ring is 1. The van der Waals surface area contributed by atoms with Crippen LogP contribution >= 0.6 is 38.5 Å². The van der Waals surface area contributed by atoms with Crippen molar-refractivity contribution >= 4 is 49.9 Å². The number of rotatable bonds is 1. The Morgan fingerprint density at radius 2 is 2.17 bits per heavy atom. The van der Waals surface area contributed by atoms with E-state index >= 15 is 0 Å². The van der Waals surface area contributed by atoms with E-state index in [2.05, 4.69) is 15.9 Å². The van der Waals surface area contributed by atoms with E-state index in [1.165, 1.54) is 0 Å². The summed E-state index contributed by atoms with van der Waals surface area (Å²) in [6.45, 7) is 0. The number of benzene rings is 1. The van der Waals surface area contributed by atoms with Crippen LogP contribution in [-0.4, -0.2) is 4.92 Å². The second-order valence-electron chi connectivity index (χ2n) is 2.05. The van der Waals surface area contributed by atoms with Gasteiger partial charge in [0, 0.05) is 3.57 Å². The van der Waals surface area contributed by atoms with Gasteiger partial charge >= 0.3 is 5.69 Å². The third-order valence-electron chi connectivity index (χ3n) is 1.30. The molecule has 0 radical (unpaired) electrons. The molecule has 0 aromatic heterocycles. The number of hydrogen-bond acceptors (Lipinski definition) is 3. The first kappa shape index (κ1) is 9.72. The van der Waals surface area contributed by atoms with Gasteiger partial charge in [0.2, 0.25) is 0 Å². The summed E-state index contributed by atoms with van der Waals surface area (Å²) in [6, 6.07) is 3.32. The Morgan fingerprint density at radius 1 is 1.58 bits per heavy atom. The summed E-state index contributed by atoms with van der Waals surface area (Å²) < 4.78 is 1.09. The molecular weight excluding hydrogens is 339 g/mol. The van der Waals surface area contributed by atoms with Gasteiger partial charge in [-0.1, -0.05) is 0 Å². The molecule has 0 aliphatic carbocycles. The van der Waals surface area contributed by atoms with Crippen LogP contribution in [0.3, 0.4) is 0 Å². The Hall–Kier alpha value is -0.370. The summed E-state index contributed by atoms with van der Waals surface area (Å²) in [7, 11) is 0. The number of nitrogens with zero attached hydrogens (tertiary/aromatic N) is 1. The van der Waals surface area contributed by atoms with Gasteiger partial charge in [0.1, 0.15) is 5.69 Å². The minimum atomic E-state index is -0.498. The Kier molecular flexibility index (Phi) is 2.89. The van der Waals surface area contributed by atoms with Crippen LogP contribution in [0.5, 0.6) is 0 Å². The van der Waals surface area contributed by atoms with Gasteiger partial charge in [-0.15, -0.1) is 0 Å². The lowest BCUT2D eigenvalue weighted by molar-refractivity contribution is -0.384. The Bertz CT molecular complexity index is 343. The van der Waals surface area contributed by atoms with Gasteiger partial charge in [-0.3, -0.25) is 10.1 Å². The van der Waals surface area contributed by atoms with Crippen molar-refractivity contribution < 1.29 is 4.92 Å². The Morgan fingerprint density at radius 3 is 2.58 bits per heavy atom. The van der Waals surface area contributed by atoms with Crippen molar-refractivity contribution in [3.63, 3.8) is 0 Å². The molecule has 0 heterocycles. The third kappa shape index (κ3) is 1.69. The number of nitro benzene ring substituents is 1. The van der Waals surface area contributed by atoms with Crippen LogP contribution in [-0.2, 0) is 0 Å². The summed E-state index contributed by atoms with van der Waals surface area (Å²) >= 11 is 5.01. The molecule has 2 N–H and O–H groups in total. The zero-order chi connectivity index (χ0) is 9.30. The highest BCUT2D eigenvalue weighted by Gasteiger charge is 2.17. The van der Waals surface area contributed by atoms with E-state index in [1.54, 1.807) is 12.1 Å². The monoisotopic (exact) mass is 342 g/mol. The van der Waals surface area contributed by atoms with Crippen molar-refractivity contribution in [3.8, 4) is 0 Å². The van der Waals surface area contributed by atoms with E-state index in [-0.39, 0.29) is 11.4 Å². The lowest BCUT2D eigenvalue weighted by atomic mass is 10.3. The molecule has 0 unspecified atom stereocenters. The number of nitrogens with two attached hydrogens (primary N) is 1. The molecule has 0 saturated carbocycles. The van der Waals surface area contributed by atoms with Gasteiger partial charge in [-0.25, -0.2) is 0 Å². The molecule has 0 saturated heterocycles. The molecular formula is C6H4BrIN2O2. The minimum Gasteiger partial charge on any atom is -0.392 e. The van der Waals surface area contributed by atoms with Gasteiger partial charge in [0.05, 0.1) is 9.40 Å². The summed E-state index contributed by atoms with van der Waals surface area (Å²) in [5.74, 6) is 0. The van der Waals surface area contributed by atoms with Crippen molar-refractivity contribution in [2.24, 2.45) is 0 Å². The fraction of sp³-hybridized carbons (Fsp3) is 0. The fourth-order valence-electron chi connectivity index (χ4n) is 0.742. The molecule has 1 rings (SSSR count). The highest BCUT2D eigenvalue weighted by Crippen LogP contribution is 2.33. The molecule has 64 valence electrons. The van der Waals surface area contributed by atoms with Crippen LogP contribution in [0, 0.1) is 13.7 Å². The maximum absolute atomic E-state index is 10.5. The molecule has 4 nitrogen and oxygen atoms in total. The maximum atomic E-state index is 10.5. The summed E-state index contributed by atoms with van der Waals surface area (Å²) in [4.78, 5) is 9.99. The first-order valence-corrected chi connectivity index (χ1v) is 4.79. The fourth-order valence-corrected chi connectivity index (χ4v) is 1.67. The van der Waals surface area contributed by atoms with Crippen LogP contribution in [0.4, 0.5) is 11.4 Å². The Labute approximate surface area is 90.6 Å². The summed E-state index contributed by atoms with van der Waals surface area (Å²) in [5.41, 5.74) is 5.64. The summed E-state index contributed by atoms with van der Waals surface area (Å²) in [6.07, 6.45) is 0. The second-order valence-corrected chi connectivity index (χ2v) is 4.07. The molecule has 0 bridgehead atoms. The quantitative estimate of drug-likeness (QED) is 0.369. The molecule has 12 heavy (non-hydrogen) atoms. The molecule has 0 atom stereocenters. The van der Waals surface area contributed by atoms with Gasteiger partial charge in [-0.05, 0) is 50.7 Å². The molecule has 0 fully saturated rings. The van der Waals surface area contributed by atoms with Gasteiger partial charge in [-0.2, -0.15) is 0 Å². The molecule has 1 aromatic rings. The smallest absolute Gasteiger partial charge is 0.307 e. The van der Waals surface area contributed by atoms with Gasteiger partial charge in [0.25, 0.3) is 0 Å². The largest absolute Gasteiger partial charge is 0.392 e. The van der Waals surface area contributed by atoms with Crippen molar-refractivity contribution in [1.29, 1.82) is 0 Å². The highest BCUT2D eigenvalue weighted by molar-refractivity contribution is 14.1. The summed E-state index contributed by atoms with van der Waals surface area (Å²) in [5, 5.41) is 10.5. The third-order valence-corrected chi connectivity index (χ3v) is 2.88. The van der Waals surface area contributed by atoms with E-state index in [0.717, 1.165) is 0 Å². The molecule has 0 amide bonds. The van der Waals surface area contributed by atoms with E-state index < -0.39 is 4.92 Å². The van der Waals surface area contributed by atoms with Crippen LogP contribution in [0.25, 0.3) is 0 Å². The van der Waals surface area contributed by atoms with Crippen molar-refractivity contribution in [1.82, 2.24) is 0 Å². The van der Waals surface area contributed by atoms with Gasteiger partial charge < -0.3 is 5.73 Å². The number of nitro groups is 1. The second kappa shape index (κ2) is 3.56. The first-order valence-electron chi connectivity index (χ1n) is 2.92. The molecule has 1 aromatic carbocycles. The predicted molar refractivity (Wildman–Crippen MR) is 57.9 cm³/mol. The maximum Gasteiger partial charge on any atom is 0.307 e. The topological polar surface area (TPSA) is 69.2 Å². The number of hydrogen-bond donors (Lipinski definition) is 1. The SMILES string of the molecule is Nc1c(I)ccc(Br)c1[N+](=O)[O-]. The van der Waals surface area contributed by atoms with E-state index in [0.29, 0.717) is 8.04 Å². The minimum absolute atomic E-state index is 0.0677. The van der Waals surface area contributed by atoms with Crippen LogP contribution in [0.15, 0.2) is 16.6 Å². The van der Waals surface area contributed by atoms with E-state index in [4.69, 9.17) is 5.73 Å². The van der Waals surface area contributed by atoms with Crippen molar-refractivity contribution in [2.75, 3.05) is 5.73 Å². The standard InChI is InChI=1S/C6H4BrIN2O2/c7-3-1-2-4(8)5(9)6(3)10(11)12/h1-2H,9H2. The van der Waals surface area contributed by atoms with Crippen molar-refractivity contribution in [3.05, 3.63) is 30.3 Å². The zero-order valence-corrected chi connectivity index (χ0v) is 9.50. The van der Waals surface area contributed by atoms with Crippen molar-refractivity contribution in [2.45, 2.75) is 0 Å². The van der Waals surface area contributed by atoms with Gasteiger partial charge in [0.15, 0.2) is 0 Å². The molecule has 6 heteroatoms. The average molecular weight is 343 g/mol. The molecule has 0 aliphatic rings. The highest BCUT2D eigenvalue weighted by atomic mass is 127. The normalized spacial score (nSPS) is 9.83. The van der Waals surface area contributed by atoms with E-state index in [9.17, 15) is 10.1 Å². The first-order chi connectivity index (χ1) is 5.54. The zero-order valence-electron chi connectivity index (χ0n) is 5.75. The van der Waals surface area contributed by atoms with Crippen LogP contribution in [0.2, 0.25) is 0 Å². The van der Waals surface area contributed by atoms with E-state index in [1.807, 2.05) is 22.6 Å².